The first kappa shape index (κ1) is 14.2. The summed E-state index contributed by atoms with van der Waals surface area (Å²) in [4.78, 5) is 14.5. The van der Waals surface area contributed by atoms with Crippen molar-refractivity contribution >= 4 is 23.6 Å². The standard InChI is InChI=1S/C15H12ClFN2O/c16-13-2-1-3-14(17)12(13)4-5-15(20)19-10-11-6-8-18-9-7-11/h1-9H,10H2,(H,19,20)/p+1. The van der Waals surface area contributed by atoms with E-state index in [1.807, 2.05) is 12.1 Å². The van der Waals surface area contributed by atoms with Crippen LogP contribution in [0.5, 0.6) is 0 Å². The van der Waals surface area contributed by atoms with E-state index in [1.165, 1.54) is 24.3 Å². The van der Waals surface area contributed by atoms with Crippen molar-refractivity contribution in [3.8, 4) is 0 Å². The lowest BCUT2D eigenvalue weighted by molar-refractivity contribution is -0.378. The first-order chi connectivity index (χ1) is 9.66. The van der Waals surface area contributed by atoms with E-state index in [-0.39, 0.29) is 16.5 Å². The summed E-state index contributed by atoms with van der Waals surface area (Å²) in [6.45, 7) is 0.406. The number of nitrogens with one attached hydrogen (secondary N) is 2. The van der Waals surface area contributed by atoms with Crippen molar-refractivity contribution in [1.29, 1.82) is 0 Å². The lowest BCUT2D eigenvalue weighted by Crippen LogP contribution is -2.20. The Morgan fingerprint density at radius 2 is 2.05 bits per heavy atom. The average molecular weight is 292 g/mol. The van der Waals surface area contributed by atoms with Crippen molar-refractivity contribution in [3.63, 3.8) is 0 Å². The third kappa shape index (κ3) is 3.90. The fraction of sp³-hybridized carbons (Fsp3) is 0.0667. The second-order valence-corrected chi connectivity index (χ2v) is 4.50. The number of aromatic amines is 1. The van der Waals surface area contributed by atoms with Crippen LogP contribution in [0.1, 0.15) is 11.1 Å². The second-order valence-electron chi connectivity index (χ2n) is 4.09. The van der Waals surface area contributed by atoms with E-state index in [0.717, 1.165) is 5.56 Å². The summed E-state index contributed by atoms with van der Waals surface area (Å²) in [5.41, 5.74) is 1.17. The van der Waals surface area contributed by atoms with Gasteiger partial charge in [0.2, 0.25) is 5.91 Å². The molecule has 0 saturated carbocycles. The number of H-pyrrole nitrogens is 1. The predicted molar refractivity (Wildman–Crippen MR) is 75.3 cm³/mol. The minimum Gasteiger partial charge on any atom is -0.348 e. The normalized spacial score (nSPS) is 10.7. The molecule has 0 atom stereocenters. The highest BCUT2D eigenvalue weighted by atomic mass is 35.5. The van der Waals surface area contributed by atoms with E-state index in [4.69, 9.17) is 11.6 Å². The highest BCUT2D eigenvalue weighted by Crippen LogP contribution is 2.20. The molecule has 0 aliphatic heterocycles. The summed E-state index contributed by atoms with van der Waals surface area (Å²) in [5, 5.41) is 2.97. The number of carbonyl (C=O) groups excluding carboxylic acids is 1. The molecule has 0 saturated heterocycles. The van der Waals surface area contributed by atoms with Crippen molar-refractivity contribution in [2.24, 2.45) is 0 Å². The van der Waals surface area contributed by atoms with Gasteiger partial charge in [-0.2, -0.15) is 0 Å². The Kier molecular flexibility index (Phi) is 4.85. The summed E-state index contributed by atoms with van der Waals surface area (Å²) < 4.78 is 13.5. The van der Waals surface area contributed by atoms with E-state index in [2.05, 4.69) is 10.3 Å². The largest absolute Gasteiger partial charge is 0.348 e. The first-order valence-corrected chi connectivity index (χ1v) is 6.39. The Morgan fingerprint density at radius 3 is 2.75 bits per heavy atom. The number of aromatic nitrogens is 1. The molecule has 1 amide bonds. The molecule has 0 radical (unpaired) electrons. The molecule has 0 fully saturated rings. The van der Waals surface area contributed by atoms with Crippen molar-refractivity contribution in [2.75, 3.05) is 0 Å². The van der Waals surface area contributed by atoms with Crippen LogP contribution < -0.4 is 10.3 Å². The molecule has 20 heavy (non-hydrogen) atoms. The SMILES string of the molecule is O=C(C=Cc1c(F)cccc1Cl)NCc1cc[nH+]cc1. The van der Waals surface area contributed by atoms with Gasteiger partial charge < -0.3 is 5.32 Å². The zero-order valence-corrected chi connectivity index (χ0v) is 11.3. The molecule has 1 aromatic heterocycles. The van der Waals surface area contributed by atoms with Gasteiger partial charge in [-0.05, 0) is 23.8 Å². The van der Waals surface area contributed by atoms with Crippen LogP contribution >= 0.6 is 11.6 Å². The molecule has 1 heterocycles. The van der Waals surface area contributed by atoms with Crippen molar-refractivity contribution in [3.05, 3.63) is 70.8 Å². The minimum atomic E-state index is -0.458. The highest BCUT2D eigenvalue weighted by Gasteiger charge is 2.04. The summed E-state index contributed by atoms with van der Waals surface area (Å²) in [6, 6.07) is 8.10. The van der Waals surface area contributed by atoms with Gasteiger partial charge in [-0.15, -0.1) is 0 Å². The van der Waals surface area contributed by atoms with Crippen molar-refractivity contribution in [2.45, 2.75) is 6.54 Å². The Morgan fingerprint density at radius 1 is 1.30 bits per heavy atom. The van der Waals surface area contributed by atoms with Gasteiger partial charge in [-0.3, -0.25) is 4.79 Å². The lowest BCUT2D eigenvalue weighted by atomic mass is 10.2. The molecule has 2 rings (SSSR count). The molecule has 0 bridgehead atoms. The average Bonchev–Trinajstić information content (AvgIpc) is 2.46. The van der Waals surface area contributed by atoms with Crippen LogP contribution in [0, 0.1) is 5.82 Å². The molecule has 0 spiro atoms. The molecular weight excluding hydrogens is 279 g/mol. The van der Waals surface area contributed by atoms with Crippen LogP contribution in [-0.2, 0) is 11.3 Å². The number of amides is 1. The third-order valence-electron chi connectivity index (χ3n) is 2.66. The number of carbonyl (C=O) groups is 1. The molecule has 2 aromatic rings. The Bertz CT molecular complexity index is 609. The van der Waals surface area contributed by atoms with Crippen LogP contribution in [0.2, 0.25) is 5.02 Å². The van der Waals surface area contributed by atoms with Crippen molar-refractivity contribution < 1.29 is 14.2 Å². The van der Waals surface area contributed by atoms with Crippen LogP contribution in [0.4, 0.5) is 4.39 Å². The minimum absolute atomic E-state index is 0.207. The van der Waals surface area contributed by atoms with Gasteiger partial charge in [-0.25, -0.2) is 9.37 Å². The molecule has 0 aliphatic carbocycles. The molecule has 2 N–H and O–H groups in total. The van der Waals surface area contributed by atoms with Gasteiger partial charge in [0.1, 0.15) is 5.82 Å². The van der Waals surface area contributed by atoms with E-state index >= 15 is 0 Å². The monoisotopic (exact) mass is 291 g/mol. The van der Waals surface area contributed by atoms with E-state index in [1.54, 1.807) is 18.5 Å². The fourth-order valence-corrected chi connectivity index (χ4v) is 1.84. The zero-order valence-electron chi connectivity index (χ0n) is 10.6. The zero-order chi connectivity index (χ0) is 14.4. The van der Waals surface area contributed by atoms with Gasteiger partial charge in [0.15, 0.2) is 12.4 Å². The predicted octanol–water partition coefficient (Wildman–Crippen LogP) is 2.62. The van der Waals surface area contributed by atoms with Crippen molar-refractivity contribution in [1.82, 2.24) is 5.32 Å². The van der Waals surface area contributed by atoms with Gasteiger partial charge in [0, 0.05) is 30.3 Å². The van der Waals surface area contributed by atoms with Gasteiger partial charge in [0.25, 0.3) is 0 Å². The Labute approximate surface area is 121 Å². The van der Waals surface area contributed by atoms with Gasteiger partial charge >= 0.3 is 0 Å². The summed E-state index contributed by atoms with van der Waals surface area (Å²) >= 11 is 5.86. The number of hydrogen-bond acceptors (Lipinski definition) is 1. The van der Waals surface area contributed by atoms with Crippen LogP contribution in [0.15, 0.2) is 48.8 Å². The number of hydrogen-bond donors (Lipinski definition) is 1. The van der Waals surface area contributed by atoms with Crippen LogP contribution in [-0.4, -0.2) is 5.91 Å². The first-order valence-electron chi connectivity index (χ1n) is 6.02. The molecular formula is C15H13ClFN2O+. The molecule has 3 nitrogen and oxygen atoms in total. The van der Waals surface area contributed by atoms with E-state index in [0.29, 0.717) is 6.54 Å². The molecule has 0 aliphatic rings. The Hall–Kier alpha value is -2.20. The quantitative estimate of drug-likeness (QED) is 0.865. The molecule has 102 valence electrons. The third-order valence-corrected chi connectivity index (χ3v) is 2.98. The number of benzene rings is 1. The lowest BCUT2D eigenvalue weighted by Gasteiger charge is -2.02. The van der Waals surface area contributed by atoms with E-state index in [9.17, 15) is 9.18 Å². The summed E-state index contributed by atoms with van der Waals surface area (Å²) in [5.74, 6) is -0.766. The Balaban J connectivity index is 1.96. The summed E-state index contributed by atoms with van der Waals surface area (Å²) in [7, 11) is 0. The smallest absolute Gasteiger partial charge is 0.244 e. The highest BCUT2D eigenvalue weighted by molar-refractivity contribution is 6.32. The van der Waals surface area contributed by atoms with Gasteiger partial charge in [-0.1, -0.05) is 17.7 Å². The maximum Gasteiger partial charge on any atom is 0.244 e. The van der Waals surface area contributed by atoms with Gasteiger partial charge in [0.05, 0.1) is 5.02 Å². The number of rotatable bonds is 4. The molecule has 1 aromatic carbocycles. The maximum absolute atomic E-state index is 13.5. The second kappa shape index (κ2) is 6.82. The van der Waals surface area contributed by atoms with Crippen LogP contribution in [0.25, 0.3) is 6.08 Å². The topological polar surface area (TPSA) is 43.2 Å². The fourth-order valence-electron chi connectivity index (χ4n) is 1.62. The maximum atomic E-state index is 13.5. The molecule has 5 heteroatoms. The summed E-state index contributed by atoms with van der Waals surface area (Å²) in [6.07, 6.45) is 6.18. The number of halogens is 2. The van der Waals surface area contributed by atoms with E-state index < -0.39 is 5.82 Å². The number of pyridine rings is 1. The van der Waals surface area contributed by atoms with Crippen LogP contribution in [0.3, 0.4) is 0 Å². The molecule has 0 unspecified atom stereocenters.